The average Bonchev–Trinajstić information content (AvgIpc) is 2.38. The van der Waals surface area contributed by atoms with Crippen molar-refractivity contribution in [1.29, 1.82) is 0 Å². The van der Waals surface area contributed by atoms with E-state index in [1.165, 1.54) is 37.7 Å². The van der Waals surface area contributed by atoms with Crippen molar-refractivity contribution in [3.05, 3.63) is 23.9 Å². The maximum atomic E-state index is 4.47. The van der Waals surface area contributed by atoms with Crippen LogP contribution in [-0.2, 0) is 0 Å². The lowest BCUT2D eigenvalue weighted by Gasteiger charge is -2.22. The Labute approximate surface area is 105 Å². The molecule has 0 spiro atoms. The van der Waals surface area contributed by atoms with Crippen molar-refractivity contribution in [2.75, 3.05) is 11.9 Å². The van der Waals surface area contributed by atoms with Crippen molar-refractivity contribution in [3.63, 3.8) is 0 Å². The molecule has 2 nitrogen and oxygen atoms in total. The first kappa shape index (κ1) is 12.4. The first-order valence-electron chi connectivity index (χ1n) is 6.95. The molecule has 1 fully saturated rings. The largest absolute Gasteiger partial charge is 0.370 e. The molecule has 1 aromatic rings. The number of aromatic nitrogens is 1. The van der Waals surface area contributed by atoms with Crippen LogP contribution in [0.2, 0.25) is 0 Å². The molecule has 1 aliphatic rings. The Morgan fingerprint density at radius 2 is 2.00 bits per heavy atom. The van der Waals surface area contributed by atoms with Gasteiger partial charge in [-0.15, -0.1) is 0 Å². The second kappa shape index (κ2) is 6.04. The van der Waals surface area contributed by atoms with Crippen molar-refractivity contribution < 1.29 is 0 Å². The van der Waals surface area contributed by atoms with Gasteiger partial charge >= 0.3 is 0 Å². The third-order valence-electron chi connectivity index (χ3n) is 3.75. The maximum absolute atomic E-state index is 4.47. The van der Waals surface area contributed by atoms with Gasteiger partial charge in [-0.1, -0.05) is 39.2 Å². The Morgan fingerprint density at radius 1 is 1.24 bits per heavy atom. The van der Waals surface area contributed by atoms with Gasteiger partial charge in [-0.3, -0.25) is 0 Å². The predicted octanol–water partition coefficient (Wildman–Crippen LogP) is 4.20. The second-order valence-electron chi connectivity index (χ2n) is 5.52. The number of pyridine rings is 1. The summed E-state index contributed by atoms with van der Waals surface area (Å²) in [6.45, 7) is 5.49. The average molecular weight is 232 g/mol. The normalized spacial score (nSPS) is 17.4. The summed E-state index contributed by atoms with van der Waals surface area (Å²) in [5.74, 6) is 2.45. The molecule has 0 bridgehead atoms. The van der Waals surface area contributed by atoms with E-state index in [0.29, 0.717) is 5.92 Å². The molecule has 1 aliphatic carbocycles. The zero-order valence-electron chi connectivity index (χ0n) is 11.1. The number of nitrogens with zero attached hydrogens (tertiary/aromatic N) is 1. The van der Waals surface area contributed by atoms with Gasteiger partial charge in [-0.25, -0.2) is 4.98 Å². The topological polar surface area (TPSA) is 24.9 Å². The Bertz CT molecular complexity index is 323. The Kier molecular flexibility index (Phi) is 4.41. The summed E-state index contributed by atoms with van der Waals surface area (Å²) in [7, 11) is 0. The fraction of sp³-hybridized carbons (Fsp3) is 0.667. The highest BCUT2D eigenvalue weighted by Crippen LogP contribution is 2.23. The van der Waals surface area contributed by atoms with Crippen molar-refractivity contribution in [2.45, 2.75) is 51.9 Å². The summed E-state index contributed by atoms with van der Waals surface area (Å²) in [4.78, 5) is 4.47. The number of anilines is 1. The molecule has 0 unspecified atom stereocenters. The molecule has 1 heterocycles. The highest BCUT2D eigenvalue weighted by molar-refractivity contribution is 5.36. The van der Waals surface area contributed by atoms with E-state index in [9.17, 15) is 0 Å². The lowest BCUT2D eigenvalue weighted by atomic mass is 9.89. The van der Waals surface area contributed by atoms with Gasteiger partial charge in [0.05, 0.1) is 0 Å². The molecule has 1 saturated carbocycles. The van der Waals surface area contributed by atoms with E-state index in [1.807, 2.05) is 6.20 Å². The SMILES string of the molecule is CC(C)c1ccc(NCC2CCCCC2)nc1. The predicted molar refractivity (Wildman–Crippen MR) is 73.4 cm³/mol. The molecule has 0 aromatic carbocycles. The fourth-order valence-electron chi connectivity index (χ4n) is 2.49. The summed E-state index contributed by atoms with van der Waals surface area (Å²) in [6.07, 6.45) is 9.01. The van der Waals surface area contributed by atoms with Gasteiger partial charge in [-0.05, 0) is 36.3 Å². The van der Waals surface area contributed by atoms with Crippen LogP contribution in [0.1, 0.15) is 57.4 Å². The quantitative estimate of drug-likeness (QED) is 0.841. The minimum Gasteiger partial charge on any atom is -0.370 e. The van der Waals surface area contributed by atoms with Crippen LogP contribution < -0.4 is 5.32 Å². The zero-order valence-corrected chi connectivity index (χ0v) is 11.1. The van der Waals surface area contributed by atoms with Gasteiger partial charge in [0.15, 0.2) is 0 Å². The minimum atomic E-state index is 0.565. The van der Waals surface area contributed by atoms with E-state index in [2.05, 4.69) is 36.3 Å². The van der Waals surface area contributed by atoms with Crippen molar-refractivity contribution in [1.82, 2.24) is 4.98 Å². The highest BCUT2D eigenvalue weighted by Gasteiger charge is 2.12. The first-order valence-corrected chi connectivity index (χ1v) is 6.95. The van der Waals surface area contributed by atoms with Gasteiger partial charge in [0.1, 0.15) is 5.82 Å². The van der Waals surface area contributed by atoms with Crippen LogP contribution in [0.25, 0.3) is 0 Å². The zero-order chi connectivity index (χ0) is 12.1. The summed E-state index contributed by atoms with van der Waals surface area (Å²) < 4.78 is 0. The summed E-state index contributed by atoms with van der Waals surface area (Å²) >= 11 is 0. The maximum Gasteiger partial charge on any atom is 0.125 e. The summed E-state index contributed by atoms with van der Waals surface area (Å²) in [5.41, 5.74) is 1.31. The number of hydrogen-bond acceptors (Lipinski definition) is 2. The number of hydrogen-bond donors (Lipinski definition) is 1. The monoisotopic (exact) mass is 232 g/mol. The van der Waals surface area contributed by atoms with Crippen LogP contribution in [-0.4, -0.2) is 11.5 Å². The van der Waals surface area contributed by atoms with E-state index in [4.69, 9.17) is 0 Å². The van der Waals surface area contributed by atoms with E-state index < -0.39 is 0 Å². The Morgan fingerprint density at radius 3 is 2.59 bits per heavy atom. The molecule has 1 N–H and O–H groups in total. The van der Waals surface area contributed by atoms with Gasteiger partial charge in [-0.2, -0.15) is 0 Å². The molecule has 0 atom stereocenters. The van der Waals surface area contributed by atoms with Crippen LogP contribution in [0.3, 0.4) is 0 Å². The van der Waals surface area contributed by atoms with Gasteiger partial charge in [0.2, 0.25) is 0 Å². The molecule has 0 aliphatic heterocycles. The van der Waals surface area contributed by atoms with E-state index in [-0.39, 0.29) is 0 Å². The van der Waals surface area contributed by atoms with Crippen LogP contribution in [0.4, 0.5) is 5.82 Å². The molecule has 0 amide bonds. The lowest BCUT2D eigenvalue weighted by Crippen LogP contribution is -2.17. The Hall–Kier alpha value is -1.05. The molecule has 2 rings (SSSR count). The number of nitrogens with one attached hydrogen (secondary N) is 1. The van der Waals surface area contributed by atoms with E-state index in [0.717, 1.165) is 18.3 Å². The van der Waals surface area contributed by atoms with Gasteiger partial charge in [0, 0.05) is 12.7 Å². The molecule has 1 aromatic heterocycles. The van der Waals surface area contributed by atoms with E-state index >= 15 is 0 Å². The number of rotatable bonds is 4. The molecule has 0 saturated heterocycles. The highest BCUT2D eigenvalue weighted by atomic mass is 15.0. The van der Waals surface area contributed by atoms with Crippen LogP contribution in [0.5, 0.6) is 0 Å². The third-order valence-corrected chi connectivity index (χ3v) is 3.75. The lowest BCUT2D eigenvalue weighted by molar-refractivity contribution is 0.373. The van der Waals surface area contributed by atoms with Crippen molar-refractivity contribution >= 4 is 5.82 Å². The molecular formula is C15H24N2. The molecule has 2 heteroatoms. The van der Waals surface area contributed by atoms with Crippen molar-refractivity contribution in [3.8, 4) is 0 Å². The van der Waals surface area contributed by atoms with Crippen LogP contribution in [0.15, 0.2) is 18.3 Å². The second-order valence-corrected chi connectivity index (χ2v) is 5.52. The first-order chi connectivity index (χ1) is 8.25. The standard InChI is InChI=1S/C15H24N2/c1-12(2)14-8-9-15(17-11-14)16-10-13-6-4-3-5-7-13/h8-9,11-13H,3-7,10H2,1-2H3,(H,16,17). The van der Waals surface area contributed by atoms with Gasteiger partial charge in [0.25, 0.3) is 0 Å². The fourth-order valence-corrected chi connectivity index (χ4v) is 2.49. The van der Waals surface area contributed by atoms with Gasteiger partial charge < -0.3 is 5.32 Å². The molecule has 0 radical (unpaired) electrons. The molecule has 17 heavy (non-hydrogen) atoms. The van der Waals surface area contributed by atoms with Crippen LogP contribution in [0, 0.1) is 5.92 Å². The van der Waals surface area contributed by atoms with Crippen LogP contribution >= 0.6 is 0 Å². The third kappa shape index (κ3) is 3.72. The minimum absolute atomic E-state index is 0.565. The molecule has 94 valence electrons. The van der Waals surface area contributed by atoms with E-state index in [1.54, 1.807) is 0 Å². The summed E-state index contributed by atoms with van der Waals surface area (Å²) in [5, 5.41) is 3.47. The molecular weight excluding hydrogens is 208 g/mol. The Balaban J connectivity index is 1.82. The smallest absolute Gasteiger partial charge is 0.125 e. The van der Waals surface area contributed by atoms with Crippen molar-refractivity contribution in [2.24, 2.45) is 5.92 Å². The summed E-state index contributed by atoms with van der Waals surface area (Å²) in [6, 6.07) is 4.29.